The van der Waals surface area contributed by atoms with Gasteiger partial charge in [-0.05, 0) is 62.4 Å². The molecule has 1 amide bonds. The van der Waals surface area contributed by atoms with Crippen molar-refractivity contribution in [2.45, 2.75) is 49.2 Å². The molecular weight excluding hydrogens is 503 g/mol. The van der Waals surface area contributed by atoms with Gasteiger partial charge in [0.1, 0.15) is 17.4 Å². The molecule has 0 spiro atoms. The van der Waals surface area contributed by atoms with Crippen molar-refractivity contribution in [1.82, 2.24) is 15.5 Å². The first-order valence-corrected chi connectivity index (χ1v) is 11.8. The third-order valence-electron chi connectivity index (χ3n) is 7.02. The molecule has 3 aromatic rings. The zero-order valence-electron chi connectivity index (χ0n) is 18.4. The van der Waals surface area contributed by atoms with E-state index >= 15 is 0 Å². The van der Waals surface area contributed by atoms with E-state index < -0.39 is 34.6 Å². The molecule has 0 aliphatic heterocycles. The Balaban J connectivity index is 1.24. The summed E-state index contributed by atoms with van der Waals surface area (Å²) in [6, 6.07) is 8.17. The number of ether oxygens (including phenoxy) is 1. The number of aliphatic hydroxyl groups excluding tert-OH is 1. The summed E-state index contributed by atoms with van der Waals surface area (Å²) in [6.45, 7) is -0.328. The summed E-state index contributed by atoms with van der Waals surface area (Å²) in [7, 11) is 0. The quantitative estimate of drug-likeness (QED) is 0.480. The molecule has 0 saturated heterocycles. The molecule has 7 nitrogen and oxygen atoms in total. The molecular formula is C24H21Cl2F2N3O4. The lowest BCUT2D eigenvalue weighted by atomic mass is 9.55. The largest absolute Gasteiger partial charge is 0.484 e. The fraction of sp³-hybridized carbons (Fsp3) is 0.375. The number of hydrogen-bond donors (Lipinski definition) is 2. The molecule has 2 N–H and O–H groups in total. The number of carbonyl (C=O) groups is 1. The minimum atomic E-state index is -0.842. The van der Waals surface area contributed by atoms with Gasteiger partial charge in [0, 0.05) is 11.6 Å². The van der Waals surface area contributed by atoms with Gasteiger partial charge in [-0.25, -0.2) is 8.78 Å². The van der Waals surface area contributed by atoms with E-state index in [9.17, 15) is 18.7 Å². The summed E-state index contributed by atoms with van der Waals surface area (Å²) in [4.78, 5) is 12.6. The molecule has 1 aromatic heterocycles. The lowest BCUT2D eigenvalue weighted by molar-refractivity contribution is -0.132. The second-order valence-corrected chi connectivity index (χ2v) is 9.92. The highest BCUT2D eigenvalue weighted by molar-refractivity contribution is 6.31. The van der Waals surface area contributed by atoms with Crippen molar-refractivity contribution >= 4 is 29.1 Å². The molecule has 184 valence electrons. The van der Waals surface area contributed by atoms with Crippen LogP contribution in [0.4, 0.5) is 8.78 Å². The van der Waals surface area contributed by atoms with Crippen LogP contribution in [-0.4, -0.2) is 39.5 Å². The van der Waals surface area contributed by atoms with E-state index in [1.165, 1.54) is 24.3 Å². The van der Waals surface area contributed by atoms with Crippen molar-refractivity contribution < 1.29 is 27.8 Å². The Bertz CT molecular complexity index is 1280. The molecule has 35 heavy (non-hydrogen) atoms. The van der Waals surface area contributed by atoms with E-state index in [1.54, 1.807) is 6.07 Å². The molecule has 2 aromatic carbocycles. The van der Waals surface area contributed by atoms with Gasteiger partial charge in [0.2, 0.25) is 11.8 Å². The van der Waals surface area contributed by atoms with Crippen LogP contribution in [0.1, 0.15) is 38.0 Å². The van der Waals surface area contributed by atoms with Crippen molar-refractivity contribution in [3.05, 3.63) is 64.0 Å². The second kappa shape index (κ2) is 9.04. The summed E-state index contributed by atoms with van der Waals surface area (Å²) >= 11 is 11.4. The average molecular weight is 524 g/mol. The van der Waals surface area contributed by atoms with Gasteiger partial charge in [0.25, 0.3) is 5.91 Å². The third-order valence-corrected chi connectivity index (χ3v) is 7.63. The predicted octanol–water partition coefficient (Wildman–Crippen LogP) is 4.83. The van der Waals surface area contributed by atoms with Crippen LogP contribution >= 0.6 is 23.2 Å². The standard InChI is InChI=1S/C24H21Cl2F2N3O4/c25-15-3-1-13(9-17(15)27)21-30-31-22(35-21)23-5-7-24(8-6-23,19(32)11-23)29-20(33)12-34-14-2-4-16(26)18(28)10-14/h1-4,9-10,19,32H,5-8,11-12H2,(H,29,33)/t19-,23?,24?/m1/s1. The van der Waals surface area contributed by atoms with Gasteiger partial charge in [0.15, 0.2) is 6.61 Å². The van der Waals surface area contributed by atoms with Crippen molar-refractivity contribution in [1.29, 1.82) is 0 Å². The van der Waals surface area contributed by atoms with E-state index in [1.807, 2.05) is 0 Å². The summed E-state index contributed by atoms with van der Waals surface area (Å²) in [6.07, 6.45) is 1.72. The topological polar surface area (TPSA) is 97.5 Å². The maximum Gasteiger partial charge on any atom is 0.258 e. The molecule has 0 radical (unpaired) electrons. The van der Waals surface area contributed by atoms with Gasteiger partial charge in [-0.15, -0.1) is 10.2 Å². The van der Waals surface area contributed by atoms with Crippen molar-refractivity contribution in [3.8, 4) is 17.2 Å². The molecule has 0 unspecified atom stereocenters. The lowest BCUT2D eigenvalue weighted by Crippen LogP contribution is -2.66. The molecule has 2 bridgehead atoms. The third kappa shape index (κ3) is 4.48. The molecule has 3 aliphatic rings. The summed E-state index contributed by atoms with van der Waals surface area (Å²) < 4.78 is 38.7. The zero-order chi connectivity index (χ0) is 24.8. The Morgan fingerprint density at radius 1 is 1.09 bits per heavy atom. The number of halogens is 4. The van der Waals surface area contributed by atoms with Gasteiger partial charge >= 0.3 is 0 Å². The molecule has 1 atom stereocenters. The maximum atomic E-state index is 13.8. The van der Waals surface area contributed by atoms with Gasteiger partial charge in [-0.2, -0.15) is 0 Å². The monoisotopic (exact) mass is 523 g/mol. The van der Waals surface area contributed by atoms with Crippen LogP contribution in [0.5, 0.6) is 5.75 Å². The molecule has 3 fully saturated rings. The average Bonchev–Trinajstić information content (AvgIpc) is 3.34. The lowest BCUT2D eigenvalue weighted by Gasteiger charge is -2.54. The Labute approximate surface area is 209 Å². The first-order valence-electron chi connectivity index (χ1n) is 11.1. The Morgan fingerprint density at radius 3 is 2.43 bits per heavy atom. The van der Waals surface area contributed by atoms with Crippen molar-refractivity contribution in [3.63, 3.8) is 0 Å². The Morgan fingerprint density at radius 2 is 1.77 bits per heavy atom. The Kier molecular flexibility index (Phi) is 6.19. The van der Waals surface area contributed by atoms with Crippen molar-refractivity contribution in [2.24, 2.45) is 0 Å². The number of fused-ring (bicyclic) bond motifs is 3. The Hall–Kier alpha value is -2.75. The van der Waals surface area contributed by atoms with E-state index in [2.05, 4.69) is 15.5 Å². The number of nitrogens with one attached hydrogen (secondary N) is 1. The van der Waals surface area contributed by atoms with Gasteiger partial charge in [-0.3, -0.25) is 4.79 Å². The molecule has 1 heterocycles. The highest BCUT2D eigenvalue weighted by atomic mass is 35.5. The highest BCUT2D eigenvalue weighted by Crippen LogP contribution is 2.53. The number of nitrogens with zero attached hydrogens (tertiary/aromatic N) is 2. The van der Waals surface area contributed by atoms with Crippen LogP contribution in [0.15, 0.2) is 40.8 Å². The number of aromatic nitrogens is 2. The minimum Gasteiger partial charge on any atom is -0.484 e. The van der Waals surface area contributed by atoms with Gasteiger partial charge in [-0.1, -0.05) is 23.2 Å². The van der Waals surface area contributed by atoms with E-state index in [-0.39, 0.29) is 28.3 Å². The van der Waals surface area contributed by atoms with Crippen LogP contribution in [0.3, 0.4) is 0 Å². The normalized spacial score (nSPS) is 25.5. The van der Waals surface area contributed by atoms with E-state index in [0.29, 0.717) is 43.6 Å². The smallest absolute Gasteiger partial charge is 0.258 e. The van der Waals surface area contributed by atoms with Crippen LogP contribution in [0.25, 0.3) is 11.5 Å². The number of benzene rings is 2. The van der Waals surface area contributed by atoms with Crippen LogP contribution in [-0.2, 0) is 10.2 Å². The summed E-state index contributed by atoms with van der Waals surface area (Å²) in [5.74, 6) is -0.906. The summed E-state index contributed by atoms with van der Waals surface area (Å²) in [5.41, 5.74) is -0.911. The predicted molar refractivity (Wildman–Crippen MR) is 123 cm³/mol. The fourth-order valence-corrected chi connectivity index (χ4v) is 5.23. The summed E-state index contributed by atoms with van der Waals surface area (Å²) in [5, 5.41) is 22.1. The van der Waals surface area contributed by atoms with Crippen LogP contribution < -0.4 is 10.1 Å². The minimum absolute atomic E-state index is 0.00103. The maximum absolute atomic E-state index is 13.8. The molecule has 6 rings (SSSR count). The van der Waals surface area contributed by atoms with Crippen molar-refractivity contribution in [2.75, 3.05) is 6.61 Å². The number of amides is 1. The highest BCUT2D eigenvalue weighted by Gasteiger charge is 2.57. The molecule has 3 saturated carbocycles. The molecule has 11 heteroatoms. The second-order valence-electron chi connectivity index (χ2n) is 9.11. The fourth-order valence-electron chi connectivity index (χ4n) is 5.00. The van der Waals surface area contributed by atoms with E-state index in [4.69, 9.17) is 32.4 Å². The SMILES string of the molecule is O=C(COc1ccc(Cl)c(F)c1)NC12CCC(c3nnc(-c4ccc(Cl)c(F)c4)o3)(CC1)C[C@H]2O. The zero-order valence-corrected chi connectivity index (χ0v) is 19.9. The number of carbonyl (C=O) groups excluding carboxylic acids is 1. The first-order chi connectivity index (χ1) is 16.7. The molecule has 3 aliphatic carbocycles. The number of hydrogen-bond acceptors (Lipinski definition) is 6. The first kappa shape index (κ1) is 24.0. The van der Waals surface area contributed by atoms with Crippen LogP contribution in [0.2, 0.25) is 10.0 Å². The van der Waals surface area contributed by atoms with Gasteiger partial charge < -0.3 is 19.6 Å². The van der Waals surface area contributed by atoms with E-state index in [0.717, 1.165) is 6.07 Å². The number of rotatable bonds is 6. The van der Waals surface area contributed by atoms with Crippen LogP contribution in [0, 0.1) is 11.6 Å². The van der Waals surface area contributed by atoms with Gasteiger partial charge in [0.05, 0.1) is 27.1 Å². The number of aliphatic hydroxyl groups is 1.